The first-order valence-electron chi connectivity index (χ1n) is 8.78. The van der Waals surface area contributed by atoms with Gasteiger partial charge in [-0.3, -0.25) is 10.1 Å². The van der Waals surface area contributed by atoms with Crippen LogP contribution in [0.4, 0.5) is 10.7 Å². The number of allylic oxidation sites excluding steroid dienone is 1. The number of nitro benzene ring substituents is 1. The van der Waals surface area contributed by atoms with Crippen molar-refractivity contribution in [2.75, 3.05) is 5.32 Å². The molecule has 3 rings (SSSR count). The molecule has 0 bridgehead atoms. The van der Waals surface area contributed by atoms with Gasteiger partial charge in [0.05, 0.1) is 15.5 Å². The maximum absolute atomic E-state index is 12.1. The van der Waals surface area contributed by atoms with Gasteiger partial charge in [-0.15, -0.1) is 11.3 Å². The Labute approximate surface area is 161 Å². The van der Waals surface area contributed by atoms with E-state index in [0.29, 0.717) is 17.2 Å². The molecule has 0 aliphatic carbocycles. The van der Waals surface area contributed by atoms with Gasteiger partial charge in [0.1, 0.15) is 0 Å². The van der Waals surface area contributed by atoms with E-state index in [1.807, 2.05) is 6.92 Å². The summed E-state index contributed by atoms with van der Waals surface area (Å²) in [6.45, 7) is 8.04. The van der Waals surface area contributed by atoms with Crippen LogP contribution in [-0.2, 0) is 11.2 Å². The van der Waals surface area contributed by atoms with Crippen LogP contribution >= 0.6 is 11.3 Å². The molecule has 2 heterocycles. The lowest BCUT2D eigenvalue weighted by Crippen LogP contribution is -2.23. The van der Waals surface area contributed by atoms with E-state index in [1.165, 1.54) is 12.1 Å². The molecule has 0 spiro atoms. The van der Waals surface area contributed by atoms with Crippen LogP contribution in [0.1, 0.15) is 48.3 Å². The number of hydrogen-bond acceptors (Lipinski definition) is 5. The molecule has 0 saturated heterocycles. The fourth-order valence-corrected chi connectivity index (χ4v) is 4.87. The van der Waals surface area contributed by atoms with Gasteiger partial charge < -0.3 is 10.4 Å². The van der Waals surface area contributed by atoms with Crippen LogP contribution < -0.4 is 5.32 Å². The number of nitrogens with zero attached hydrogens (tertiary/aromatic N) is 1. The smallest absolute Gasteiger partial charge is 0.334 e. The van der Waals surface area contributed by atoms with Crippen molar-refractivity contribution >= 4 is 28.0 Å². The van der Waals surface area contributed by atoms with Gasteiger partial charge in [-0.25, -0.2) is 4.79 Å². The van der Waals surface area contributed by atoms with Crippen LogP contribution in [-0.4, -0.2) is 16.0 Å². The number of carboxylic acid groups (broad SMARTS) is 1. The number of non-ortho nitro benzene ring substituents is 1. The van der Waals surface area contributed by atoms with E-state index in [4.69, 9.17) is 0 Å². The summed E-state index contributed by atoms with van der Waals surface area (Å²) in [5.41, 5.74) is 3.49. The molecule has 0 fully saturated rings. The summed E-state index contributed by atoms with van der Waals surface area (Å²) in [7, 11) is 0. The van der Waals surface area contributed by atoms with E-state index in [9.17, 15) is 20.0 Å². The third-order valence-electron chi connectivity index (χ3n) is 4.79. The van der Waals surface area contributed by atoms with Crippen molar-refractivity contribution in [1.29, 1.82) is 0 Å². The Hall–Kier alpha value is -2.67. The number of aliphatic carboxylic acids is 1. The Morgan fingerprint density at radius 3 is 2.67 bits per heavy atom. The normalized spacial score (nSPS) is 16.3. The van der Waals surface area contributed by atoms with Gasteiger partial charge in [-0.1, -0.05) is 26.0 Å². The molecule has 0 saturated carbocycles. The number of rotatable bonds is 5. The van der Waals surface area contributed by atoms with Crippen LogP contribution in [0.3, 0.4) is 0 Å². The fourth-order valence-electron chi connectivity index (χ4n) is 3.69. The third-order valence-corrected chi connectivity index (χ3v) is 5.87. The Bertz CT molecular complexity index is 959. The molecule has 1 aliphatic rings. The van der Waals surface area contributed by atoms with E-state index in [1.54, 1.807) is 30.4 Å². The van der Waals surface area contributed by atoms with E-state index in [0.717, 1.165) is 27.4 Å². The van der Waals surface area contributed by atoms with Gasteiger partial charge in [0.15, 0.2) is 0 Å². The van der Waals surface area contributed by atoms with E-state index < -0.39 is 16.8 Å². The minimum absolute atomic E-state index is 0.0349. The number of fused-ring (bicyclic) bond motifs is 1. The second-order valence-corrected chi connectivity index (χ2v) is 8.46. The Morgan fingerprint density at radius 2 is 2.07 bits per heavy atom. The van der Waals surface area contributed by atoms with Crippen molar-refractivity contribution in [2.45, 2.75) is 40.0 Å². The number of aryl methyl sites for hydroxylation is 1. The second kappa shape index (κ2) is 7.15. The van der Waals surface area contributed by atoms with Gasteiger partial charge in [-0.2, -0.15) is 0 Å². The van der Waals surface area contributed by atoms with Gasteiger partial charge in [-0.05, 0) is 37.3 Å². The summed E-state index contributed by atoms with van der Waals surface area (Å²) >= 11 is 1.61. The molecule has 0 radical (unpaired) electrons. The molecule has 6 nitrogen and oxygen atoms in total. The third kappa shape index (κ3) is 3.47. The molecule has 1 aromatic heterocycles. The number of nitrogens with one attached hydrogen (secondary N) is 1. The van der Waals surface area contributed by atoms with Gasteiger partial charge in [0.25, 0.3) is 5.69 Å². The minimum atomic E-state index is -1.01. The highest BCUT2D eigenvalue weighted by molar-refractivity contribution is 7.16. The molecular formula is C20H22N2O4S. The minimum Gasteiger partial charge on any atom is -0.478 e. The second-order valence-electron chi connectivity index (χ2n) is 7.23. The zero-order valence-electron chi connectivity index (χ0n) is 15.7. The highest BCUT2D eigenvalue weighted by Crippen LogP contribution is 2.49. The van der Waals surface area contributed by atoms with E-state index >= 15 is 0 Å². The summed E-state index contributed by atoms with van der Waals surface area (Å²) < 4.78 is 0. The predicted molar refractivity (Wildman–Crippen MR) is 106 cm³/mol. The molecule has 0 unspecified atom stereocenters. The lowest BCUT2D eigenvalue weighted by molar-refractivity contribution is -0.384. The van der Waals surface area contributed by atoms with Crippen LogP contribution in [0.2, 0.25) is 0 Å². The maximum Gasteiger partial charge on any atom is 0.334 e. The van der Waals surface area contributed by atoms with Crippen molar-refractivity contribution in [3.63, 3.8) is 0 Å². The number of hydrogen-bond donors (Lipinski definition) is 2. The number of anilines is 1. The highest BCUT2D eigenvalue weighted by Gasteiger charge is 2.36. The lowest BCUT2D eigenvalue weighted by atomic mass is 9.79. The number of thiophene rings is 1. The van der Waals surface area contributed by atoms with Gasteiger partial charge in [0, 0.05) is 34.2 Å². The van der Waals surface area contributed by atoms with Crippen LogP contribution in [0.5, 0.6) is 0 Å². The first-order valence-corrected chi connectivity index (χ1v) is 9.60. The molecule has 1 atom stereocenters. The molecule has 142 valence electrons. The van der Waals surface area contributed by atoms with Crippen LogP contribution in [0, 0.1) is 23.0 Å². The summed E-state index contributed by atoms with van der Waals surface area (Å²) in [6.07, 6.45) is 0.830. The largest absolute Gasteiger partial charge is 0.478 e. The maximum atomic E-state index is 12.1. The molecule has 27 heavy (non-hydrogen) atoms. The summed E-state index contributed by atoms with van der Waals surface area (Å²) in [5.74, 6) is -1.13. The summed E-state index contributed by atoms with van der Waals surface area (Å²) in [5, 5.41) is 25.3. The first-order chi connectivity index (χ1) is 12.7. The van der Waals surface area contributed by atoms with Crippen molar-refractivity contribution in [3.8, 4) is 0 Å². The van der Waals surface area contributed by atoms with Gasteiger partial charge in [0.2, 0.25) is 0 Å². The van der Waals surface area contributed by atoms with Crippen molar-refractivity contribution in [2.24, 2.45) is 5.92 Å². The van der Waals surface area contributed by atoms with E-state index in [-0.39, 0.29) is 11.3 Å². The number of benzene rings is 1. The first kappa shape index (κ1) is 19.1. The van der Waals surface area contributed by atoms with Crippen LogP contribution in [0.15, 0.2) is 35.5 Å². The molecule has 1 aliphatic heterocycles. The highest BCUT2D eigenvalue weighted by atomic mass is 32.1. The summed E-state index contributed by atoms with van der Waals surface area (Å²) in [4.78, 5) is 24.0. The Kier molecular flexibility index (Phi) is 5.06. The predicted octanol–water partition coefficient (Wildman–Crippen LogP) is 5.08. The Balaban J connectivity index is 2.28. The van der Waals surface area contributed by atoms with Crippen LogP contribution in [0.25, 0.3) is 0 Å². The molecular weight excluding hydrogens is 364 g/mol. The van der Waals surface area contributed by atoms with Crippen molar-refractivity contribution in [3.05, 3.63) is 67.2 Å². The molecule has 2 aromatic rings. The summed E-state index contributed by atoms with van der Waals surface area (Å²) in [6, 6.07) is 6.30. The quantitative estimate of drug-likeness (QED) is 0.552. The van der Waals surface area contributed by atoms with E-state index in [2.05, 4.69) is 19.2 Å². The van der Waals surface area contributed by atoms with Gasteiger partial charge >= 0.3 is 5.97 Å². The standard InChI is InChI=1S/C20H22N2O4S/c1-10(2)8-15-12(4)27-19-18(15)17(16(20(23)24)11(3)21-19)13-6-5-7-14(9-13)22(25)26/h5-7,9-10,17,21H,8H2,1-4H3,(H,23,24)/t17-/m0/s1. The monoisotopic (exact) mass is 386 g/mol. The molecule has 7 heteroatoms. The lowest BCUT2D eigenvalue weighted by Gasteiger charge is -2.28. The fraction of sp³-hybridized carbons (Fsp3) is 0.350. The van der Waals surface area contributed by atoms with Crippen molar-refractivity contribution < 1.29 is 14.8 Å². The molecule has 2 N–H and O–H groups in total. The zero-order valence-corrected chi connectivity index (χ0v) is 16.5. The Morgan fingerprint density at radius 1 is 1.37 bits per heavy atom. The number of carboxylic acids is 1. The van der Waals surface area contributed by atoms with Crippen molar-refractivity contribution in [1.82, 2.24) is 0 Å². The zero-order chi connectivity index (χ0) is 19.9. The average Bonchev–Trinajstić information content (AvgIpc) is 2.88. The topological polar surface area (TPSA) is 92.5 Å². The SMILES string of the molecule is CC1=C(C(=O)O)[C@H](c2cccc([N+](=O)[O-])c2)c2c(sc(C)c2CC(C)C)N1. The molecule has 0 amide bonds. The number of nitro groups is 1. The number of carbonyl (C=O) groups is 1. The average molecular weight is 386 g/mol. The molecule has 1 aromatic carbocycles.